The van der Waals surface area contributed by atoms with Gasteiger partial charge in [0.15, 0.2) is 11.5 Å². The Morgan fingerprint density at radius 3 is 1.20 bits per heavy atom. The summed E-state index contributed by atoms with van der Waals surface area (Å²) in [6, 6.07) is 13.9. The highest BCUT2D eigenvalue weighted by molar-refractivity contribution is 7.87. The first-order valence-corrected chi connectivity index (χ1v) is 16.4. The van der Waals surface area contributed by atoms with Gasteiger partial charge in [0, 0.05) is 0 Å². The molecule has 0 unspecified atom stereocenters. The molecule has 0 aromatic heterocycles. The van der Waals surface area contributed by atoms with Gasteiger partial charge < -0.3 is 18.9 Å². The lowest BCUT2D eigenvalue weighted by molar-refractivity contribution is -0.422. The number of rotatable bonds is 20. The average Bonchev–Trinajstić information content (AvgIpc) is 3.00. The number of aryl methyl sites for hydroxylation is 2. The number of benzene rings is 3. The number of nitro benzene ring substituents is 2. The van der Waals surface area contributed by atoms with E-state index in [0.29, 0.717) is 0 Å². The number of nitro groups is 2. The first kappa shape index (κ1) is 36.3. The van der Waals surface area contributed by atoms with E-state index < -0.39 is 41.5 Å². The van der Waals surface area contributed by atoms with Gasteiger partial charge >= 0.3 is 11.4 Å². The normalized spacial score (nSPS) is 11.7. The highest BCUT2D eigenvalue weighted by Crippen LogP contribution is 2.39. The van der Waals surface area contributed by atoms with Crippen molar-refractivity contribution in [3.63, 3.8) is 0 Å². The summed E-state index contributed by atoms with van der Waals surface area (Å²) in [5.74, 6) is -0.377. The highest BCUT2D eigenvalue weighted by atomic mass is 32.2. The summed E-state index contributed by atoms with van der Waals surface area (Å²) in [5, 5.41) is 22.8. The maximum atomic E-state index is 12.2. The fourth-order valence-electron chi connectivity index (χ4n) is 3.63. The average molecular weight is 685 g/mol. The van der Waals surface area contributed by atoms with Gasteiger partial charge in [0.25, 0.3) is 20.2 Å². The minimum atomic E-state index is -3.97. The molecule has 0 radical (unpaired) electrons. The van der Waals surface area contributed by atoms with E-state index in [2.05, 4.69) is 0 Å². The number of ether oxygens (including phenoxy) is 4. The van der Waals surface area contributed by atoms with Gasteiger partial charge in [-0.05, 0) is 38.1 Å². The van der Waals surface area contributed by atoms with Crippen molar-refractivity contribution in [3.05, 3.63) is 92.0 Å². The molecule has 0 saturated heterocycles. The smallest absolute Gasteiger partial charge is 0.350 e. The van der Waals surface area contributed by atoms with Gasteiger partial charge in [-0.1, -0.05) is 35.4 Å². The molecule has 250 valence electrons. The molecule has 46 heavy (non-hydrogen) atoms. The molecular formula is C28H32N2O14S2. The summed E-state index contributed by atoms with van der Waals surface area (Å²) in [4.78, 5) is 21.0. The van der Waals surface area contributed by atoms with Crippen LogP contribution in [0.4, 0.5) is 11.4 Å². The van der Waals surface area contributed by atoms with Crippen LogP contribution in [0.1, 0.15) is 11.1 Å². The molecule has 0 aliphatic rings. The van der Waals surface area contributed by atoms with E-state index in [1.54, 1.807) is 24.3 Å². The second-order valence-corrected chi connectivity index (χ2v) is 12.6. The van der Waals surface area contributed by atoms with Crippen molar-refractivity contribution in [2.45, 2.75) is 23.6 Å². The van der Waals surface area contributed by atoms with Crippen LogP contribution in [-0.2, 0) is 38.1 Å². The Kier molecular flexibility index (Phi) is 13.3. The molecule has 0 N–H and O–H groups in total. The number of nitrogens with zero attached hydrogens (tertiary/aromatic N) is 2. The van der Waals surface area contributed by atoms with Crippen molar-refractivity contribution in [2.75, 3.05) is 52.9 Å². The van der Waals surface area contributed by atoms with Crippen molar-refractivity contribution in [2.24, 2.45) is 0 Å². The number of hydrogen-bond acceptors (Lipinski definition) is 14. The van der Waals surface area contributed by atoms with E-state index in [1.807, 2.05) is 13.8 Å². The molecular weight excluding hydrogens is 652 g/mol. The van der Waals surface area contributed by atoms with Crippen LogP contribution in [0.3, 0.4) is 0 Å². The first-order chi connectivity index (χ1) is 21.8. The molecule has 0 aliphatic carbocycles. The molecule has 0 fully saturated rings. The van der Waals surface area contributed by atoms with Gasteiger partial charge in [0.2, 0.25) is 0 Å². The van der Waals surface area contributed by atoms with Gasteiger partial charge in [-0.25, -0.2) is 0 Å². The van der Waals surface area contributed by atoms with E-state index in [4.69, 9.17) is 27.3 Å². The molecule has 0 saturated carbocycles. The van der Waals surface area contributed by atoms with Gasteiger partial charge in [-0.3, -0.25) is 28.6 Å². The van der Waals surface area contributed by atoms with Crippen LogP contribution in [0.25, 0.3) is 0 Å². The summed E-state index contributed by atoms with van der Waals surface area (Å²) in [7, 11) is -7.94. The molecule has 0 heterocycles. The Bertz CT molecular complexity index is 1570. The van der Waals surface area contributed by atoms with E-state index >= 15 is 0 Å². The van der Waals surface area contributed by atoms with Crippen LogP contribution in [0.5, 0.6) is 11.5 Å². The lowest BCUT2D eigenvalue weighted by atomic mass is 10.2. The maximum absolute atomic E-state index is 12.2. The van der Waals surface area contributed by atoms with E-state index in [1.165, 1.54) is 24.3 Å². The summed E-state index contributed by atoms with van der Waals surface area (Å²) in [6.07, 6.45) is 0. The number of hydrogen-bond donors (Lipinski definition) is 0. The van der Waals surface area contributed by atoms with Crippen LogP contribution >= 0.6 is 0 Å². The largest absolute Gasteiger partial charge is 0.487 e. The molecule has 0 atom stereocenters. The molecule has 3 aromatic carbocycles. The standard InChI is InChI=1S/C28H32N2O14S2/c1-21-3-7-23(8-4-21)45(35,36)43-17-13-39-11-15-41-27-19-25(29(31)32)26(30(33)34)20-28(27)42-16-12-40-14-18-44-46(37,38)24-9-5-22(2)6-10-24/h3-10,19-20H,11-18H2,1-2H3. The lowest BCUT2D eigenvalue weighted by Gasteiger charge is -2.13. The first-order valence-electron chi connectivity index (χ1n) is 13.6. The van der Waals surface area contributed by atoms with E-state index in [0.717, 1.165) is 23.3 Å². The third-order valence-electron chi connectivity index (χ3n) is 5.96. The van der Waals surface area contributed by atoms with Crippen molar-refractivity contribution < 1.29 is 54.0 Å². The van der Waals surface area contributed by atoms with Crippen molar-refractivity contribution in [1.82, 2.24) is 0 Å². The Hall–Kier alpha value is -4.20. The lowest BCUT2D eigenvalue weighted by Crippen LogP contribution is -2.15. The second kappa shape index (κ2) is 16.9. The fourth-order valence-corrected chi connectivity index (χ4v) is 5.42. The van der Waals surface area contributed by atoms with Gasteiger partial charge in [-0.2, -0.15) is 16.8 Å². The molecule has 0 bridgehead atoms. The van der Waals surface area contributed by atoms with Crippen molar-refractivity contribution >= 4 is 31.6 Å². The zero-order valence-electron chi connectivity index (χ0n) is 24.9. The van der Waals surface area contributed by atoms with Crippen LogP contribution < -0.4 is 9.47 Å². The van der Waals surface area contributed by atoms with Crippen LogP contribution in [0, 0.1) is 34.1 Å². The SMILES string of the molecule is Cc1ccc(S(=O)(=O)OCCOCCOc2cc([N+](=O)[O-])c([N+](=O)[O-])cc2OCCOCCOS(=O)(=O)c2ccc(C)cc2)cc1. The quantitative estimate of drug-likeness (QED) is 0.0719. The Morgan fingerprint density at radius 1 is 0.543 bits per heavy atom. The zero-order valence-corrected chi connectivity index (χ0v) is 26.5. The molecule has 3 aromatic rings. The van der Waals surface area contributed by atoms with Crippen LogP contribution in [0.2, 0.25) is 0 Å². The zero-order chi connectivity index (χ0) is 33.7. The third kappa shape index (κ3) is 11.0. The van der Waals surface area contributed by atoms with Crippen LogP contribution in [0.15, 0.2) is 70.5 Å². The monoisotopic (exact) mass is 684 g/mol. The molecule has 0 aliphatic heterocycles. The topological polar surface area (TPSA) is 210 Å². The Balaban J connectivity index is 1.47. The van der Waals surface area contributed by atoms with Gasteiger partial charge in [-0.15, -0.1) is 0 Å². The minimum Gasteiger partial charge on any atom is -0.487 e. The van der Waals surface area contributed by atoms with E-state index in [9.17, 15) is 37.1 Å². The predicted molar refractivity (Wildman–Crippen MR) is 161 cm³/mol. The summed E-state index contributed by atoms with van der Waals surface area (Å²) < 4.78 is 80.4. The molecule has 3 rings (SSSR count). The Labute approximate surface area is 265 Å². The fraction of sp³-hybridized carbons (Fsp3) is 0.357. The Morgan fingerprint density at radius 2 is 0.870 bits per heavy atom. The third-order valence-corrected chi connectivity index (χ3v) is 8.61. The van der Waals surface area contributed by atoms with Gasteiger partial charge in [0.1, 0.15) is 13.2 Å². The molecule has 0 amide bonds. The minimum absolute atomic E-state index is 0.00137. The predicted octanol–water partition coefficient (Wildman–Crippen LogP) is 3.72. The summed E-state index contributed by atoms with van der Waals surface area (Å²) >= 11 is 0. The maximum Gasteiger partial charge on any atom is 0.350 e. The van der Waals surface area contributed by atoms with Crippen molar-refractivity contribution in [1.29, 1.82) is 0 Å². The molecule has 18 heteroatoms. The van der Waals surface area contributed by atoms with E-state index in [-0.39, 0.29) is 74.1 Å². The van der Waals surface area contributed by atoms with Gasteiger partial charge in [0.05, 0.1) is 71.4 Å². The van der Waals surface area contributed by atoms with Crippen molar-refractivity contribution in [3.8, 4) is 11.5 Å². The van der Waals surface area contributed by atoms with Crippen LogP contribution in [-0.4, -0.2) is 79.5 Å². The summed E-state index contributed by atoms with van der Waals surface area (Å²) in [6.45, 7) is 2.29. The highest BCUT2D eigenvalue weighted by Gasteiger charge is 2.28. The summed E-state index contributed by atoms with van der Waals surface area (Å²) in [5.41, 5.74) is 0.118. The molecule has 0 spiro atoms. The second-order valence-electron chi connectivity index (χ2n) is 9.40. The molecule has 16 nitrogen and oxygen atoms in total.